The number of alkyl halides is 3. The number of piperidine rings is 1. The zero-order chi connectivity index (χ0) is 26.9. The number of rotatable bonds is 5. The molecule has 2 heterocycles. The van der Waals surface area contributed by atoms with E-state index in [-0.39, 0.29) is 34.8 Å². The van der Waals surface area contributed by atoms with Crippen LogP contribution in [0.5, 0.6) is 5.75 Å². The summed E-state index contributed by atoms with van der Waals surface area (Å²) >= 11 is 6.25. The predicted molar refractivity (Wildman–Crippen MR) is 138 cm³/mol. The van der Waals surface area contributed by atoms with Crippen LogP contribution in [0.25, 0.3) is 11.0 Å². The Balaban J connectivity index is 1.12. The fourth-order valence-corrected chi connectivity index (χ4v) is 6.89. The van der Waals surface area contributed by atoms with Crippen LogP contribution in [0.1, 0.15) is 55.3 Å². The van der Waals surface area contributed by atoms with Crippen LogP contribution in [-0.2, 0) is 18.0 Å². The van der Waals surface area contributed by atoms with Crippen molar-refractivity contribution < 1.29 is 28.1 Å². The zero-order valence-corrected chi connectivity index (χ0v) is 21.9. The lowest BCUT2D eigenvalue weighted by atomic mass is 9.72. The Morgan fingerprint density at radius 2 is 1.89 bits per heavy atom. The maximum atomic E-state index is 14.0. The second-order valence-electron chi connectivity index (χ2n) is 11.4. The molecule has 6 nitrogen and oxygen atoms in total. The summed E-state index contributed by atoms with van der Waals surface area (Å²) in [6.07, 6.45) is -0.585. The number of ether oxygens (including phenoxy) is 1. The zero-order valence-electron chi connectivity index (χ0n) is 21.1. The van der Waals surface area contributed by atoms with Crippen molar-refractivity contribution in [3.05, 3.63) is 58.4 Å². The lowest BCUT2D eigenvalue weighted by Gasteiger charge is -2.42. The molecular weight excluding hydrogens is 519 g/mol. The average molecular weight is 550 g/mol. The Bertz CT molecular complexity index is 1360. The predicted octanol–water partition coefficient (Wildman–Crippen LogP) is 5.12. The summed E-state index contributed by atoms with van der Waals surface area (Å²) in [6, 6.07) is 8.24. The van der Waals surface area contributed by atoms with Gasteiger partial charge in [0.1, 0.15) is 12.4 Å². The number of nitrogens with zero attached hydrogens (tertiary/aromatic N) is 3. The van der Waals surface area contributed by atoms with Crippen molar-refractivity contribution in [1.82, 2.24) is 14.5 Å². The Kier molecular flexibility index (Phi) is 6.22. The molecule has 10 heteroatoms. The topological polar surface area (TPSA) is 70.8 Å². The van der Waals surface area contributed by atoms with Crippen molar-refractivity contribution >= 4 is 22.6 Å². The van der Waals surface area contributed by atoms with Crippen LogP contribution in [0.2, 0.25) is 5.02 Å². The highest BCUT2D eigenvalue weighted by atomic mass is 35.5. The van der Waals surface area contributed by atoms with Gasteiger partial charge in [-0.05, 0) is 81.4 Å². The average Bonchev–Trinajstić information content (AvgIpc) is 3.37. The first kappa shape index (κ1) is 25.9. The highest BCUT2D eigenvalue weighted by Gasteiger charge is 2.48. The summed E-state index contributed by atoms with van der Waals surface area (Å²) in [7, 11) is 0. The summed E-state index contributed by atoms with van der Waals surface area (Å²) in [4.78, 5) is 6.46. The van der Waals surface area contributed by atoms with Gasteiger partial charge in [0.2, 0.25) is 0 Å². The summed E-state index contributed by atoms with van der Waals surface area (Å²) < 4.78 is 49.4. The maximum absolute atomic E-state index is 14.0. The van der Waals surface area contributed by atoms with Crippen molar-refractivity contribution in [2.45, 2.75) is 68.4 Å². The third-order valence-corrected chi connectivity index (χ3v) is 9.01. The van der Waals surface area contributed by atoms with Gasteiger partial charge in [0.15, 0.2) is 0 Å². The second-order valence-corrected chi connectivity index (χ2v) is 11.9. The first-order chi connectivity index (χ1) is 18.0. The molecule has 3 aromatic rings. The molecule has 2 aromatic carbocycles. The minimum Gasteiger partial charge on any atom is -0.492 e. The number of aromatic nitrogens is 2. The molecule has 1 saturated carbocycles. The Labute approximate surface area is 224 Å². The SMILES string of the molecule is CC1(O)CC(n2cnc3cc(OCCN4CCC5(CC4)c4cc(Cl)ccc4CC5O)cc(C(F)(F)F)c32)C1. The first-order valence-electron chi connectivity index (χ1n) is 13.1. The van der Waals surface area contributed by atoms with E-state index < -0.39 is 23.4 Å². The van der Waals surface area contributed by atoms with Gasteiger partial charge in [-0.3, -0.25) is 4.90 Å². The largest absolute Gasteiger partial charge is 0.492 e. The van der Waals surface area contributed by atoms with Crippen molar-refractivity contribution in [2.75, 3.05) is 26.2 Å². The van der Waals surface area contributed by atoms with Gasteiger partial charge in [-0.2, -0.15) is 13.2 Å². The van der Waals surface area contributed by atoms with Crippen molar-refractivity contribution in [2.24, 2.45) is 0 Å². The quantitative estimate of drug-likeness (QED) is 0.462. The minimum atomic E-state index is -4.57. The van der Waals surface area contributed by atoms with Gasteiger partial charge >= 0.3 is 6.18 Å². The van der Waals surface area contributed by atoms with Gasteiger partial charge in [-0.1, -0.05) is 17.7 Å². The summed E-state index contributed by atoms with van der Waals surface area (Å²) in [5.74, 6) is 0.138. The molecule has 1 aliphatic heterocycles. The van der Waals surface area contributed by atoms with Crippen LogP contribution in [0.3, 0.4) is 0 Å². The van der Waals surface area contributed by atoms with E-state index in [0.29, 0.717) is 30.8 Å². The second kappa shape index (κ2) is 9.11. The molecule has 1 atom stereocenters. The van der Waals surface area contributed by atoms with Gasteiger partial charge < -0.3 is 19.5 Å². The Hall–Kier alpha value is -2.33. The number of benzene rings is 2. The molecule has 38 heavy (non-hydrogen) atoms. The number of likely N-dealkylation sites (tertiary alicyclic amines) is 1. The Morgan fingerprint density at radius 3 is 2.58 bits per heavy atom. The smallest absolute Gasteiger partial charge is 0.418 e. The van der Waals surface area contributed by atoms with Crippen LogP contribution in [0.4, 0.5) is 13.2 Å². The van der Waals surface area contributed by atoms with E-state index in [0.717, 1.165) is 43.1 Å². The highest BCUT2D eigenvalue weighted by Crippen LogP contribution is 2.48. The lowest BCUT2D eigenvalue weighted by Crippen LogP contribution is -2.48. The molecule has 204 valence electrons. The van der Waals surface area contributed by atoms with Gasteiger partial charge in [0, 0.05) is 29.1 Å². The monoisotopic (exact) mass is 549 g/mol. The van der Waals surface area contributed by atoms with Crippen LogP contribution in [0, 0.1) is 0 Å². The number of imidazole rings is 1. The van der Waals surface area contributed by atoms with E-state index in [1.165, 1.54) is 10.9 Å². The minimum absolute atomic E-state index is 0.0298. The molecule has 2 fully saturated rings. The third-order valence-electron chi connectivity index (χ3n) is 8.78. The Morgan fingerprint density at radius 1 is 1.16 bits per heavy atom. The molecule has 0 radical (unpaired) electrons. The normalized spacial score (nSPS) is 27.0. The number of aliphatic hydroxyl groups excluding tert-OH is 1. The summed E-state index contributed by atoms with van der Waals surface area (Å²) in [6.45, 7) is 4.02. The fraction of sp³-hybridized carbons (Fsp3) is 0.536. The molecule has 0 bridgehead atoms. The number of halogens is 4. The van der Waals surface area contributed by atoms with Crippen LogP contribution in [-0.4, -0.2) is 62.6 Å². The molecule has 1 spiro atoms. The molecule has 1 saturated heterocycles. The standard InChI is InChI=1S/C28H31ClF3N3O3/c1-26(37)14-19(15-26)35-16-33-23-13-20(12-22(25(23)35)28(30,31)32)38-9-8-34-6-4-27(5-7-34)21-11-18(29)3-2-17(21)10-24(27)36/h2-3,11-13,16,19,24,36-37H,4-10,14-15H2,1H3. The van der Waals surface area contributed by atoms with E-state index in [4.69, 9.17) is 16.3 Å². The van der Waals surface area contributed by atoms with Gasteiger partial charge in [-0.15, -0.1) is 0 Å². The van der Waals surface area contributed by atoms with Gasteiger partial charge in [0.05, 0.1) is 34.6 Å². The molecule has 2 aliphatic carbocycles. The van der Waals surface area contributed by atoms with Crippen LogP contribution >= 0.6 is 11.6 Å². The van der Waals surface area contributed by atoms with Crippen LogP contribution in [0.15, 0.2) is 36.7 Å². The van der Waals surface area contributed by atoms with Crippen molar-refractivity contribution in [3.8, 4) is 5.75 Å². The molecule has 6 rings (SSSR count). The van der Waals surface area contributed by atoms with Crippen molar-refractivity contribution in [1.29, 1.82) is 0 Å². The maximum Gasteiger partial charge on any atom is 0.418 e. The number of fused-ring (bicyclic) bond motifs is 3. The molecule has 1 unspecified atom stereocenters. The van der Waals surface area contributed by atoms with Gasteiger partial charge in [-0.25, -0.2) is 4.98 Å². The fourth-order valence-electron chi connectivity index (χ4n) is 6.72. The van der Waals surface area contributed by atoms with E-state index in [1.54, 1.807) is 13.0 Å². The van der Waals surface area contributed by atoms with E-state index in [1.807, 2.05) is 18.2 Å². The highest BCUT2D eigenvalue weighted by molar-refractivity contribution is 6.30. The third kappa shape index (κ3) is 4.47. The van der Waals surface area contributed by atoms with E-state index in [9.17, 15) is 23.4 Å². The number of hydrogen-bond donors (Lipinski definition) is 2. The van der Waals surface area contributed by atoms with Crippen LogP contribution < -0.4 is 4.74 Å². The molecule has 1 aromatic heterocycles. The first-order valence-corrected chi connectivity index (χ1v) is 13.5. The van der Waals surface area contributed by atoms with Gasteiger partial charge in [0.25, 0.3) is 0 Å². The van der Waals surface area contributed by atoms with E-state index >= 15 is 0 Å². The summed E-state index contributed by atoms with van der Waals surface area (Å²) in [5.41, 5.74) is 0.628. The molecule has 2 N–H and O–H groups in total. The van der Waals surface area contributed by atoms with Crippen molar-refractivity contribution in [3.63, 3.8) is 0 Å². The molecule has 0 amide bonds. The van der Waals surface area contributed by atoms with E-state index in [2.05, 4.69) is 9.88 Å². The summed E-state index contributed by atoms with van der Waals surface area (Å²) in [5, 5.41) is 21.6. The molecule has 3 aliphatic rings. The lowest BCUT2D eigenvalue weighted by molar-refractivity contribution is -0.136. The number of hydrogen-bond acceptors (Lipinski definition) is 5. The molecular formula is C28H31ClF3N3O3. The number of aliphatic hydroxyl groups is 2.